The first-order chi connectivity index (χ1) is 9.78. The summed E-state index contributed by atoms with van der Waals surface area (Å²) in [5.74, 6) is 1.89. The van der Waals surface area contributed by atoms with Crippen LogP contribution in [0.3, 0.4) is 0 Å². The van der Waals surface area contributed by atoms with E-state index in [2.05, 4.69) is 20.3 Å². The van der Waals surface area contributed by atoms with Crippen molar-refractivity contribution in [1.29, 1.82) is 0 Å². The maximum Gasteiger partial charge on any atom is 0.265 e. The Balaban J connectivity index is 2.05. The van der Waals surface area contributed by atoms with Gasteiger partial charge in [0.25, 0.3) is 5.88 Å². The van der Waals surface area contributed by atoms with Crippen LogP contribution in [0.2, 0.25) is 0 Å². The lowest BCUT2D eigenvalue weighted by Gasteiger charge is -2.10. The lowest BCUT2D eigenvalue weighted by atomic mass is 10.3. The first-order valence-electron chi connectivity index (χ1n) is 6.45. The predicted octanol–water partition coefficient (Wildman–Crippen LogP) is 2.66. The molecule has 3 aromatic rings. The number of anilines is 1. The fraction of sp³-hybridized carbons (Fsp3) is 0.214. The van der Waals surface area contributed by atoms with Gasteiger partial charge in [0.15, 0.2) is 5.75 Å². The van der Waals surface area contributed by atoms with Crippen molar-refractivity contribution in [3.05, 3.63) is 42.6 Å². The highest BCUT2D eigenvalue weighted by molar-refractivity contribution is 5.55. The molecule has 0 saturated heterocycles. The van der Waals surface area contributed by atoms with Gasteiger partial charge in [-0.15, -0.1) is 0 Å². The van der Waals surface area contributed by atoms with E-state index in [0.29, 0.717) is 17.3 Å². The van der Waals surface area contributed by atoms with Gasteiger partial charge in [-0.1, -0.05) is 0 Å². The fourth-order valence-corrected chi connectivity index (χ4v) is 1.92. The molecular weight excluding hydrogens is 254 g/mol. The molecule has 0 saturated carbocycles. The molecule has 0 amide bonds. The number of aromatic nitrogens is 4. The number of pyridine rings is 1. The third-order valence-corrected chi connectivity index (χ3v) is 2.87. The number of nitrogens with zero attached hydrogens (tertiary/aromatic N) is 4. The number of nitrogens with one attached hydrogen (secondary N) is 1. The van der Waals surface area contributed by atoms with E-state index in [1.165, 1.54) is 0 Å². The Morgan fingerprint density at radius 2 is 2.20 bits per heavy atom. The van der Waals surface area contributed by atoms with E-state index >= 15 is 0 Å². The molecular formula is C14H15N5O. The van der Waals surface area contributed by atoms with Crippen LogP contribution in [0.1, 0.15) is 12.6 Å². The van der Waals surface area contributed by atoms with E-state index in [4.69, 9.17) is 4.74 Å². The Morgan fingerprint density at radius 3 is 3.00 bits per heavy atom. The average molecular weight is 269 g/mol. The third kappa shape index (κ3) is 2.27. The molecule has 0 aliphatic heterocycles. The monoisotopic (exact) mass is 269 g/mol. The second kappa shape index (κ2) is 5.16. The van der Waals surface area contributed by atoms with Crippen LogP contribution in [-0.4, -0.2) is 25.9 Å². The summed E-state index contributed by atoms with van der Waals surface area (Å²) in [6, 6.07) is 3.70. The van der Waals surface area contributed by atoms with Crippen molar-refractivity contribution in [2.75, 3.05) is 11.9 Å². The SMILES string of the molecule is CCNc1cn2ccnc2c(Oc2cccnc2C)n1. The number of ether oxygens (including phenoxy) is 1. The molecule has 0 aliphatic rings. The summed E-state index contributed by atoms with van der Waals surface area (Å²) in [5.41, 5.74) is 1.49. The zero-order valence-corrected chi connectivity index (χ0v) is 11.4. The molecule has 0 spiro atoms. The van der Waals surface area contributed by atoms with E-state index in [-0.39, 0.29) is 0 Å². The first kappa shape index (κ1) is 12.4. The quantitative estimate of drug-likeness (QED) is 0.788. The van der Waals surface area contributed by atoms with Crippen molar-refractivity contribution in [3.8, 4) is 11.6 Å². The number of fused-ring (bicyclic) bond motifs is 1. The largest absolute Gasteiger partial charge is 0.434 e. The van der Waals surface area contributed by atoms with Gasteiger partial charge in [0, 0.05) is 25.1 Å². The molecule has 3 heterocycles. The summed E-state index contributed by atoms with van der Waals surface area (Å²) in [4.78, 5) is 12.9. The van der Waals surface area contributed by atoms with Gasteiger partial charge < -0.3 is 10.1 Å². The molecule has 6 nitrogen and oxygen atoms in total. The van der Waals surface area contributed by atoms with Crippen LogP contribution in [-0.2, 0) is 0 Å². The fourth-order valence-electron chi connectivity index (χ4n) is 1.92. The summed E-state index contributed by atoms with van der Waals surface area (Å²) in [6.07, 6.45) is 7.20. The summed E-state index contributed by atoms with van der Waals surface area (Å²) < 4.78 is 7.75. The van der Waals surface area contributed by atoms with Gasteiger partial charge in [-0.25, -0.2) is 4.98 Å². The summed E-state index contributed by atoms with van der Waals surface area (Å²) >= 11 is 0. The zero-order chi connectivity index (χ0) is 13.9. The molecule has 0 aliphatic carbocycles. The second-order valence-electron chi connectivity index (χ2n) is 4.31. The highest BCUT2D eigenvalue weighted by Gasteiger charge is 2.11. The number of hydrogen-bond donors (Lipinski definition) is 1. The minimum Gasteiger partial charge on any atom is -0.434 e. The van der Waals surface area contributed by atoms with Gasteiger partial charge in [-0.3, -0.25) is 9.38 Å². The van der Waals surface area contributed by atoms with E-state index < -0.39 is 0 Å². The molecule has 6 heteroatoms. The van der Waals surface area contributed by atoms with Gasteiger partial charge in [0.1, 0.15) is 5.82 Å². The van der Waals surface area contributed by atoms with Crippen LogP contribution in [0.5, 0.6) is 11.6 Å². The van der Waals surface area contributed by atoms with Crippen LogP contribution in [0.4, 0.5) is 5.82 Å². The molecule has 1 N–H and O–H groups in total. The Labute approximate surface area is 116 Å². The molecule has 102 valence electrons. The first-order valence-corrected chi connectivity index (χ1v) is 6.45. The van der Waals surface area contributed by atoms with Crippen molar-refractivity contribution in [2.45, 2.75) is 13.8 Å². The Bertz CT molecular complexity index is 737. The van der Waals surface area contributed by atoms with Crippen LogP contribution in [0.25, 0.3) is 5.65 Å². The van der Waals surface area contributed by atoms with Crippen LogP contribution in [0, 0.1) is 6.92 Å². The number of hydrogen-bond acceptors (Lipinski definition) is 5. The van der Waals surface area contributed by atoms with Crippen LogP contribution >= 0.6 is 0 Å². The summed E-state index contributed by atoms with van der Waals surface area (Å²) in [5, 5.41) is 3.17. The van der Waals surface area contributed by atoms with Gasteiger partial charge in [0.05, 0.1) is 11.9 Å². The standard InChI is InChI=1S/C14H15N5O/c1-3-15-12-9-19-8-7-17-13(19)14(18-12)20-11-5-4-6-16-10(11)2/h4-9,15H,3H2,1-2H3. The van der Waals surface area contributed by atoms with Gasteiger partial charge in [0.2, 0.25) is 5.65 Å². The number of imidazole rings is 1. The van der Waals surface area contributed by atoms with E-state index in [9.17, 15) is 0 Å². The molecule has 0 atom stereocenters. The van der Waals surface area contributed by atoms with Crippen molar-refractivity contribution in [1.82, 2.24) is 19.4 Å². The molecule has 0 aromatic carbocycles. The minimum absolute atomic E-state index is 0.463. The summed E-state index contributed by atoms with van der Waals surface area (Å²) in [6.45, 7) is 4.70. The maximum absolute atomic E-state index is 5.87. The average Bonchev–Trinajstić information content (AvgIpc) is 2.90. The van der Waals surface area contributed by atoms with Crippen LogP contribution in [0.15, 0.2) is 36.9 Å². The van der Waals surface area contributed by atoms with Crippen molar-refractivity contribution in [2.24, 2.45) is 0 Å². The zero-order valence-electron chi connectivity index (χ0n) is 11.4. The number of aryl methyl sites for hydroxylation is 1. The van der Waals surface area contributed by atoms with E-state index in [1.54, 1.807) is 12.4 Å². The van der Waals surface area contributed by atoms with Crippen molar-refractivity contribution >= 4 is 11.5 Å². The molecule has 0 bridgehead atoms. The van der Waals surface area contributed by atoms with Gasteiger partial charge >= 0.3 is 0 Å². The van der Waals surface area contributed by atoms with Crippen LogP contribution < -0.4 is 10.1 Å². The van der Waals surface area contributed by atoms with E-state index in [0.717, 1.165) is 18.1 Å². The van der Waals surface area contributed by atoms with Crippen molar-refractivity contribution in [3.63, 3.8) is 0 Å². The van der Waals surface area contributed by atoms with Crippen molar-refractivity contribution < 1.29 is 4.74 Å². The minimum atomic E-state index is 0.463. The summed E-state index contributed by atoms with van der Waals surface area (Å²) in [7, 11) is 0. The highest BCUT2D eigenvalue weighted by atomic mass is 16.5. The molecule has 0 radical (unpaired) electrons. The van der Waals surface area contributed by atoms with Gasteiger partial charge in [-0.05, 0) is 26.0 Å². The Morgan fingerprint density at radius 1 is 1.30 bits per heavy atom. The maximum atomic E-state index is 5.87. The van der Waals surface area contributed by atoms with E-state index in [1.807, 2.05) is 42.8 Å². The molecule has 20 heavy (non-hydrogen) atoms. The lowest BCUT2D eigenvalue weighted by molar-refractivity contribution is 0.459. The molecule has 0 fully saturated rings. The smallest absolute Gasteiger partial charge is 0.265 e. The predicted molar refractivity (Wildman–Crippen MR) is 76.2 cm³/mol. The second-order valence-corrected chi connectivity index (χ2v) is 4.31. The lowest BCUT2D eigenvalue weighted by Crippen LogP contribution is -2.03. The normalized spacial score (nSPS) is 10.7. The highest BCUT2D eigenvalue weighted by Crippen LogP contribution is 2.26. The molecule has 3 rings (SSSR count). The topological polar surface area (TPSA) is 64.3 Å². The number of rotatable bonds is 4. The third-order valence-electron chi connectivity index (χ3n) is 2.87. The Kier molecular flexibility index (Phi) is 3.20. The Hall–Kier alpha value is -2.63. The van der Waals surface area contributed by atoms with Gasteiger partial charge in [-0.2, -0.15) is 4.98 Å². The molecule has 3 aromatic heterocycles. The molecule has 0 unspecified atom stereocenters.